The van der Waals surface area contributed by atoms with Gasteiger partial charge in [0.05, 0.1) is 0 Å². The van der Waals surface area contributed by atoms with Gasteiger partial charge in [0.1, 0.15) is 0 Å². The summed E-state index contributed by atoms with van der Waals surface area (Å²) >= 11 is 0. The third kappa shape index (κ3) is 11.0. The van der Waals surface area contributed by atoms with Gasteiger partial charge in [0.2, 0.25) is 0 Å². The lowest BCUT2D eigenvalue weighted by atomic mass is 10.1. The monoisotopic (exact) mass is 190 g/mol. The van der Waals surface area contributed by atoms with Gasteiger partial charge < -0.3 is 0 Å². The number of allylic oxidation sites excluding steroid dienone is 6. The molecular formula is C14H22. The molecule has 0 heteroatoms. The van der Waals surface area contributed by atoms with Gasteiger partial charge in [0, 0.05) is 0 Å². The molecule has 0 unspecified atom stereocenters. The van der Waals surface area contributed by atoms with Gasteiger partial charge in [-0.05, 0) is 25.7 Å². The molecule has 0 fully saturated rings. The van der Waals surface area contributed by atoms with Crippen molar-refractivity contribution in [3.63, 3.8) is 0 Å². The number of rotatable bonds is 9. The van der Waals surface area contributed by atoms with Crippen molar-refractivity contribution in [2.24, 2.45) is 0 Å². The molecule has 14 heavy (non-hydrogen) atoms. The van der Waals surface area contributed by atoms with Gasteiger partial charge in [-0.15, -0.1) is 0 Å². The molecule has 0 amide bonds. The highest BCUT2D eigenvalue weighted by Crippen LogP contribution is 2.06. The second kappa shape index (κ2) is 12.0. The van der Waals surface area contributed by atoms with Crippen LogP contribution in [0.5, 0.6) is 0 Å². The Morgan fingerprint density at radius 1 is 0.643 bits per heavy atom. The van der Waals surface area contributed by atoms with Crippen LogP contribution in [0.2, 0.25) is 0 Å². The van der Waals surface area contributed by atoms with Crippen LogP contribution in [0.3, 0.4) is 0 Å². The van der Waals surface area contributed by atoms with Crippen LogP contribution in [0.4, 0.5) is 0 Å². The van der Waals surface area contributed by atoms with Crippen LogP contribution in [-0.4, -0.2) is 0 Å². The van der Waals surface area contributed by atoms with Crippen LogP contribution in [0.25, 0.3) is 0 Å². The summed E-state index contributed by atoms with van der Waals surface area (Å²) in [5.41, 5.74) is 0. The Labute approximate surface area is 88.7 Å². The van der Waals surface area contributed by atoms with Gasteiger partial charge in [-0.25, -0.2) is 0 Å². The van der Waals surface area contributed by atoms with Crippen molar-refractivity contribution < 1.29 is 0 Å². The summed E-state index contributed by atoms with van der Waals surface area (Å²) in [6.45, 7) is 7.27. The summed E-state index contributed by atoms with van der Waals surface area (Å²) in [6, 6.07) is 0. The van der Waals surface area contributed by atoms with Crippen molar-refractivity contribution >= 4 is 0 Å². The van der Waals surface area contributed by atoms with E-state index in [1.807, 2.05) is 24.3 Å². The zero-order valence-corrected chi connectivity index (χ0v) is 9.12. The van der Waals surface area contributed by atoms with Crippen molar-refractivity contribution in [3.05, 3.63) is 49.6 Å². The molecular weight excluding hydrogens is 168 g/mol. The summed E-state index contributed by atoms with van der Waals surface area (Å²) in [4.78, 5) is 0. The average molecular weight is 190 g/mol. The normalized spacial score (nSPS) is 11.1. The smallest absolute Gasteiger partial charge is 0.0348 e. The van der Waals surface area contributed by atoms with E-state index in [1.165, 1.54) is 38.5 Å². The third-order valence-corrected chi connectivity index (χ3v) is 2.04. The summed E-state index contributed by atoms with van der Waals surface area (Å²) in [7, 11) is 0. The van der Waals surface area contributed by atoms with Crippen molar-refractivity contribution in [2.45, 2.75) is 38.5 Å². The second-order valence-electron chi connectivity index (χ2n) is 3.32. The summed E-state index contributed by atoms with van der Waals surface area (Å²) in [5.74, 6) is 0. The minimum atomic E-state index is 1.19. The van der Waals surface area contributed by atoms with Gasteiger partial charge in [-0.2, -0.15) is 0 Å². The molecule has 0 aromatic carbocycles. The number of hydrogen-bond donors (Lipinski definition) is 0. The molecule has 0 spiro atoms. The van der Waals surface area contributed by atoms with Gasteiger partial charge in [-0.1, -0.05) is 62.5 Å². The molecule has 0 bridgehead atoms. The molecule has 0 saturated heterocycles. The Morgan fingerprint density at radius 3 is 1.43 bits per heavy atom. The van der Waals surface area contributed by atoms with Crippen LogP contribution >= 0.6 is 0 Å². The Kier molecular flexibility index (Phi) is 11.1. The van der Waals surface area contributed by atoms with E-state index in [-0.39, 0.29) is 0 Å². The molecule has 0 aliphatic carbocycles. The molecule has 0 aromatic rings. The highest BCUT2D eigenvalue weighted by atomic mass is 13.9. The van der Waals surface area contributed by atoms with Crippen molar-refractivity contribution in [2.75, 3.05) is 0 Å². The molecule has 0 atom stereocenters. The van der Waals surface area contributed by atoms with E-state index in [2.05, 4.69) is 25.3 Å². The maximum absolute atomic E-state index is 3.63. The number of hydrogen-bond acceptors (Lipinski definition) is 0. The quantitative estimate of drug-likeness (QED) is 0.361. The van der Waals surface area contributed by atoms with Crippen LogP contribution < -0.4 is 0 Å². The molecule has 78 valence electrons. The first-order valence-corrected chi connectivity index (χ1v) is 5.47. The van der Waals surface area contributed by atoms with E-state index in [4.69, 9.17) is 0 Å². The van der Waals surface area contributed by atoms with E-state index in [9.17, 15) is 0 Å². The van der Waals surface area contributed by atoms with Crippen LogP contribution in [0, 0.1) is 0 Å². The Balaban J connectivity index is 3.06. The lowest BCUT2D eigenvalue weighted by molar-refractivity contribution is 0.652. The topological polar surface area (TPSA) is 0 Å². The van der Waals surface area contributed by atoms with E-state index in [0.29, 0.717) is 0 Å². The third-order valence-electron chi connectivity index (χ3n) is 2.04. The van der Waals surface area contributed by atoms with Crippen molar-refractivity contribution in [1.82, 2.24) is 0 Å². The molecule has 0 N–H and O–H groups in total. The zero-order valence-electron chi connectivity index (χ0n) is 9.12. The van der Waals surface area contributed by atoms with Crippen LogP contribution in [0.15, 0.2) is 49.6 Å². The molecule has 0 saturated carbocycles. The average Bonchev–Trinajstić information content (AvgIpc) is 2.21. The van der Waals surface area contributed by atoms with Gasteiger partial charge in [0.15, 0.2) is 0 Å². The minimum Gasteiger partial charge on any atom is -0.0991 e. The zero-order chi connectivity index (χ0) is 10.5. The highest BCUT2D eigenvalue weighted by Gasteiger charge is 1.86. The standard InChI is InChI=1S/C14H22/c1-3-5-7-9-11-13-14-12-10-8-6-4-2/h3-8H,1-2,9-14H2/b7-5+,8-6+. The second-order valence-corrected chi connectivity index (χ2v) is 3.32. The van der Waals surface area contributed by atoms with Gasteiger partial charge in [0.25, 0.3) is 0 Å². The van der Waals surface area contributed by atoms with E-state index < -0.39 is 0 Å². The minimum absolute atomic E-state index is 1.19. The Hall–Kier alpha value is -1.04. The summed E-state index contributed by atoms with van der Waals surface area (Å²) < 4.78 is 0. The molecule has 0 radical (unpaired) electrons. The molecule has 0 aromatic heterocycles. The SMILES string of the molecule is C=C/C=C/CCCCCC/C=C/C=C. The molecule has 0 nitrogen and oxygen atoms in total. The van der Waals surface area contributed by atoms with E-state index in [0.717, 1.165) is 0 Å². The highest BCUT2D eigenvalue weighted by molar-refractivity contribution is 4.97. The summed E-state index contributed by atoms with van der Waals surface area (Å²) in [6.07, 6.45) is 19.7. The van der Waals surface area contributed by atoms with Gasteiger partial charge >= 0.3 is 0 Å². The Morgan fingerprint density at radius 2 is 1.07 bits per heavy atom. The number of unbranched alkanes of at least 4 members (excludes halogenated alkanes) is 5. The predicted octanol–water partition coefficient (Wildman–Crippen LogP) is 4.81. The first-order valence-electron chi connectivity index (χ1n) is 5.47. The van der Waals surface area contributed by atoms with Crippen molar-refractivity contribution in [3.8, 4) is 0 Å². The van der Waals surface area contributed by atoms with Crippen LogP contribution in [0.1, 0.15) is 38.5 Å². The maximum atomic E-state index is 3.63. The fourth-order valence-electron chi connectivity index (χ4n) is 1.26. The lowest BCUT2D eigenvalue weighted by Crippen LogP contribution is -1.76. The van der Waals surface area contributed by atoms with Crippen LogP contribution in [-0.2, 0) is 0 Å². The fraction of sp³-hybridized carbons (Fsp3) is 0.429. The van der Waals surface area contributed by atoms with Crippen molar-refractivity contribution in [1.29, 1.82) is 0 Å². The fourth-order valence-corrected chi connectivity index (χ4v) is 1.26. The molecule has 0 aliphatic heterocycles. The Bertz CT molecular complexity index is 162. The summed E-state index contributed by atoms with van der Waals surface area (Å²) in [5, 5.41) is 0. The van der Waals surface area contributed by atoms with E-state index >= 15 is 0 Å². The maximum Gasteiger partial charge on any atom is -0.0348 e. The van der Waals surface area contributed by atoms with Gasteiger partial charge in [-0.3, -0.25) is 0 Å². The molecule has 0 aliphatic rings. The largest absolute Gasteiger partial charge is 0.0991 e. The van der Waals surface area contributed by atoms with E-state index in [1.54, 1.807) is 0 Å². The predicted molar refractivity (Wildman–Crippen MR) is 66.4 cm³/mol. The first-order chi connectivity index (χ1) is 6.91. The first kappa shape index (κ1) is 13.0. The lowest BCUT2D eigenvalue weighted by Gasteiger charge is -1.96. The molecule has 0 heterocycles. The molecule has 0 rings (SSSR count).